The van der Waals surface area contributed by atoms with E-state index in [1.54, 1.807) is 16.2 Å². The van der Waals surface area contributed by atoms with E-state index in [0.29, 0.717) is 0 Å². The summed E-state index contributed by atoms with van der Waals surface area (Å²) in [5.74, 6) is 0. The van der Waals surface area contributed by atoms with Gasteiger partial charge in [-0.3, -0.25) is 4.90 Å². The molecule has 1 fully saturated rings. The van der Waals surface area contributed by atoms with Crippen molar-refractivity contribution in [2.45, 2.75) is 12.8 Å². The molecule has 0 saturated carbocycles. The van der Waals surface area contributed by atoms with Gasteiger partial charge in [-0.05, 0) is 0 Å². The number of hydrogen-bond donors (Lipinski definition) is 1. The number of thiazole rings is 1. The van der Waals surface area contributed by atoms with Gasteiger partial charge >= 0.3 is 0 Å². The molecule has 0 atom stereocenters. The Kier molecular flexibility index (Phi) is 3.48. The monoisotopic (exact) mass is 234 g/mol. The predicted molar refractivity (Wildman–Crippen MR) is 41.7 cm³/mol. The van der Waals surface area contributed by atoms with Crippen LogP contribution >= 0.6 is 11.3 Å². The van der Waals surface area contributed by atoms with Crippen LogP contribution in [0.25, 0.3) is 0 Å². The Morgan fingerprint density at radius 3 is 2.64 bits per heavy atom. The van der Waals surface area contributed by atoms with E-state index in [9.17, 15) is 0 Å². The van der Waals surface area contributed by atoms with E-state index in [2.05, 4.69) is 10.4 Å². The van der Waals surface area contributed by atoms with Crippen LogP contribution in [0.1, 0.15) is 12.8 Å². The molecule has 0 bridgehead atoms. The maximum Gasteiger partial charge on any atom is 0.284 e. The molecule has 2 nitrogen and oxygen atoms in total. The van der Waals surface area contributed by atoms with Gasteiger partial charge in [-0.25, -0.2) is 0 Å². The van der Waals surface area contributed by atoms with Crippen molar-refractivity contribution < 1.29 is 21.9 Å². The van der Waals surface area contributed by atoms with Crippen molar-refractivity contribution in [3.8, 4) is 0 Å². The second kappa shape index (κ2) is 4.18. The number of hydrogen-bond acceptors (Lipinski definition) is 2. The molecule has 0 amide bonds. The lowest BCUT2D eigenvalue weighted by molar-refractivity contribution is -0.818. The normalized spacial score (nSPS) is 18.2. The molecule has 2 heterocycles. The van der Waals surface area contributed by atoms with Gasteiger partial charge in [0.15, 0.2) is 0 Å². The molecule has 0 radical (unpaired) electrons. The third-order valence-corrected chi connectivity index (χ3v) is 2.82. The summed E-state index contributed by atoms with van der Waals surface area (Å²) in [6, 6.07) is 0. The Bertz CT molecular complexity index is 194. The van der Waals surface area contributed by atoms with Crippen LogP contribution in [-0.2, 0) is 0 Å². The highest BCUT2D eigenvalue weighted by Gasteiger charge is 2.19. The fraction of sp³-hybridized carbons (Fsp3) is 0.571. The van der Waals surface area contributed by atoms with Crippen molar-refractivity contribution in [1.82, 2.24) is 4.98 Å². The van der Waals surface area contributed by atoms with Gasteiger partial charge in [0.2, 0.25) is 0 Å². The molecule has 4 heteroatoms. The Balaban J connectivity index is 0.000000605. The van der Waals surface area contributed by atoms with E-state index in [4.69, 9.17) is 0 Å². The first-order valence-corrected chi connectivity index (χ1v) is 4.59. The zero-order chi connectivity index (χ0) is 6.81. The van der Waals surface area contributed by atoms with E-state index >= 15 is 0 Å². The average molecular weight is 235 g/mol. The van der Waals surface area contributed by atoms with Gasteiger partial charge in [0.25, 0.3) is 5.13 Å². The van der Waals surface area contributed by atoms with Crippen LogP contribution in [0.5, 0.6) is 0 Å². The molecule has 2 rings (SSSR count). The summed E-state index contributed by atoms with van der Waals surface area (Å²) in [4.78, 5) is 5.86. The van der Waals surface area contributed by atoms with Crippen molar-refractivity contribution in [2.75, 3.05) is 13.1 Å². The van der Waals surface area contributed by atoms with Crippen LogP contribution < -0.4 is 21.9 Å². The third kappa shape index (κ3) is 2.01. The van der Waals surface area contributed by atoms with Crippen LogP contribution in [0.3, 0.4) is 0 Å². The average Bonchev–Trinajstić information content (AvgIpc) is 2.59. The molecule has 1 aliphatic heterocycles. The molecule has 1 saturated heterocycles. The molecular weight excluding hydrogens is 224 g/mol. The summed E-state index contributed by atoms with van der Waals surface area (Å²) in [7, 11) is 0. The minimum atomic E-state index is 0. The highest BCUT2D eigenvalue weighted by atomic mass is 79.9. The standard InChI is InChI=1S/C7H10N2S.BrH/c1-2-5-9(4-1)7-8-3-6-10-7;/h3,6H,1-2,4-5H2;1H. The zero-order valence-corrected chi connectivity index (χ0v) is 8.62. The van der Waals surface area contributed by atoms with Crippen molar-refractivity contribution in [2.24, 2.45) is 0 Å². The summed E-state index contributed by atoms with van der Waals surface area (Å²) in [6.45, 7) is 2.57. The van der Waals surface area contributed by atoms with Crippen LogP contribution in [-0.4, -0.2) is 18.1 Å². The number of nitrogens with one attached hydrogen (secondary N) is 1. The summed E-state index contributed by atoms with van der Waals surface area (Å²) in [5, 5.41) is 3.33. The Hall–Kier alpha value is 0.0700. The molecule has 0 unspecified atom stereocenters. The zero-order valence-electron chi connectivity index (χ0n) is 6.22. The molecule has 11 heavy (non-hydrogen) atoms. The van der Waals surface area contributed by atoms with Gasteiger partial charge in [-0.1, -0.05) is 11.3 Å². The van der Waals surface area contributed by atoms with Gasteiger partial charge in [-0.15, -0.1) is 0 Å². The fourth-order valence-electron chi connectivity index (χ4n) is 1.41. The van der Waals surface area contributed by atoms with Gasteiger partial charge in [-0.2, -0.15) is 4.98 Å². The highest BCUT2D eigenvalue weighted by Crippen LogP contribution is 2.06. The van der Waals surface area contributed by atoms with E-state index in [-0.39, 0.29) is 17.0 Å². The molecule has 0 aliphatic carbocycles. The maximum absolute atomic E-state index is 4.28. The number of halogens is 1. The van der Waals surface area contributed by atoms with Crippen LogP contribution in [0.15, 0.2) is 11.6 Å². The summed E-state index contributed by atoms with van der Waals surface area (Å²) in [6.07, 6.45) is 4.63. The van der Waals surface area contributed by atoms with Crippen molar-refractivity contribution in [1.29, 1.82) is 0 Å². The van der Waals surface area contributed by atoms with Gasteiger partial charge in [0.05, 0.1) is 13.1 Å². The third-order valence-electron chi connectivity index (χ3n) is 1.94. The number of rotatable bonds is 1. The lowest BCUT2D eigenvalue weighted by Gasteiger charge is -2.04. The van der Waals surface area contributed by atoms with E-state index in [0.717, 1.165) is 0 Å². The molecular formula is C7H11BrN2S. The first-order chi connectivity index (χ1) is 4.97. The van der Waals surface area contributed by atoms with Crippen molar-refractivity contribution in [3.05, 3.63) is 11.6 Å². The topological polar surface area (TPSA) is 17.3 Å². The first kappa shape index (κ1) is 9.16. The summed E-state index contributed by atoms with van der Waals surface area (Å²) in [5.41, 5.74) is 0. The summed E-state index contributed by atoms with van der Waals surface area (Å²) >= 11 is 1.77. The van der Waals surface area contributed by atoms with Crippen LogP contribution in [0.4, 0.5) is 5.13 Å². The Morgan fingerprint density at radius 1 is 1.36 bits per heavy atom. The number of quaternary nitrogens is 1. The second-order valence-corrected chi connectivity index (χ2v) is 3.54. The van der Waals surface area contributed by atoms with Gasteiger partial charge in [0.1, 0.15) is 0 Å². The fourth-order valence-corrected chi connectivity index (χ4v) is 2.16. The SMILES string of the molecule is [Br-].c1csc([NH+]2CCCC2)n1. The molecule has 1 aromatic rings. The quantitative estimate of drug-likeness (QED) is 0.567. The lowest BCUT2D eigenvalue weighted by Crippen LogP contribution is -3.04. The van der Waals surface area contributed by atoms with Gasteiger partial charge in [0, 0.05) is 24.4 Å². The van der Waals surface area contributed by atoms with Crippen molar-refractivity contribution in [3.63, 3.8) is 0 Å². The maximum atomic E-state index is 4.28. The second-order valence-electron chi connectivity index (χ2n) is 2.65. The lowest BCUT2D eigenvalue weighted by atomic mass is 10.4. The Labute approximate surface area is 81.0 Å². The minimum Gasteiger partial charge on any atom is -1.00 e. The molecule has 62 valence electrons. The number of nitrogens with zero attached hydrogens (tertiary/aromatic N) is 1. The van der Waals surface area contributed by atoms with Gasteiger partial charge < -0.3 is 17.0 Å². The molecule has 0 aromatic carbocycles. The molecule has 1 aromatic heterocycles. The van der Waals surface area contributed by atoms with Crippen LogP contribution in [0, 0.1) is 0 Å². The first-order valence-electron chi connectivity index (χ1n) is 3.71. The van der Waals surface area contributed by atoms with Crippen molar-refractivity contribution >= 4 is 16.5 Å². The minimum absolute atomic E-state index is 0. The molecule has 1 N–H and O–H groups in total. The van der Waals surface area contributed by atoms with Crippen LogP contribution in [0.2, 0.25) is 0 Å². The predicted octanol–water partition coefficient (Wildman–Crippen LogP) is -2.54. The summed E-state index contributed by atoms with van der Waals surface area (Å²) < 4.78 is 0. The van der Waals surface area contributed by atoms with E-state index in [1.807, 2.05) is 6.20 Å². The van der Waals surface area contributed by atoms with E-state index < -0.39 is 0 Å². The Morgan fingerprint density at radius 2 is 2.09 bits per heavy atom. The highest BCUT2D eigenvalue weighted by molar-refractivity contribution is 7.12. The molecule has 1 aliphatic rings. The number of aromatic nitrogens is 1. The molecule has 0 spiro atoms. The largest absolute Gasteiger partial charge is 1.00 e. The smallest absolute Gasteiger partial charge is 0.284 e. The van der Waals surface area contributed by atoms with E-state index in [1.165, 1.54) is 31.1 Å².